The second-order valence-corrected chi connectivity index (χ2v) is 4.89. The number of anilines is 1. The molecule has 1 aromatic rings. The van der Waals surface area contributed by atoms with Crippen molar-refractivity contribution in [3.8, 4) is 0 Å². The predicted molar refractivity (Wildman–Crippen MR) is 61.0 cm³/mol. The van der Waals surface area contributed by atoms with Crippen molar-refractivity contribution in [2.45, 2.75) is 19.4 Å². The molecule has 2 fully saturated rings. The van der Waals surface area contributed by atoms with Gasteiger partial charge in [-0.1, -0.05) is 0 Å². The average molecular weight is 221 g/mol. The normalized spacial score (nSPS) is 28.5. The summed E-state index contributed by atoms with van der Waals surface area (Å²) in [5, 5.41) is 3.40. The minimum atomic E-state index is -0.335. The summed E-state index contributed by atoms with van der Waals surface area (Å²) >= 11 is 0. The van der Waals surface area contributed by atoms with Crippen LogP contribution in [0.25, 0.3) is 0 Å². The molecule has 1 aromatic heterocycles. The fraction of sp³-hybridized carbons (Fsp3) is 0.583. The van der Waals surface area contributed by atoms with E-state index in [9.17, 15) is 4.39 Å². The van der Waals surface area contributed by atoms with Gasteiger partial charge in [0.2, 0.25) is 5.95 Å². The Bertz CT molecular complexity index is 407. The zero-order valence-electron chi connectivity index (χ0n) is 9.41. The number of aromatic nitrogens is 1. The maximum atomic E-state index is 13.7. The lowest BCUT2D eigenvalue weighted by Gasteiger charge is -2.26. The second kappa shape index (κ2) is 3.70. The predicted octanol–water partition coefficient (Wildman–Crippen LogP) is 1.33. The number of nitrogens with one attached hydrogen (secondary N) is 1. The van der Waals surface area contributed by atoms with Gasteiger partial charge in [0.25, 0.3) is 0 Å². The standard InChI is InChI=1S/C12H16FN3/c1-8-2-11(12(13)15-4-8)16-7-9-3-10(16)6-14-5-9/h2,4,9-10,14H,3,5-7H2,1H3/t9-,10-/m0/s1. The maximum Gasteiger partial charge on any atom is 0.236 e. The van der Waals surface area contributed by atoms with Crippen molar-refractivity contribution in [1.82, 2.24) is 10.3 Å². The number of aryl methyl sites for hydroxylation is 1. The summed E-state index contributed by atoms with van der Waals surface area (Å²) < 4.78 is 13.7. The smallest absolute Gasteiger partial charge is 0.236 e. The Morgan fingerprint density at radius 2 is 2.38 bits per heavy atom. The number of hydrogen-bond acceptors (Lipinski definition) is 3. The second-order valence-electron chi connectivity index (χ2n) is 4.89. The quantitative estimate of drug-likeness (QED) is 0.725. The number of nitrogens with zero attached hydrogens (tertiary/aromatic N) is 2. The number of rotatable bonds is 1. The highest BCUT2D eigenvalue weighted by molar-refractivity contribution is 5.50. The molecule has 3 rings (SSSR count). The van der Waals surface area contributed by atoms with Gasteiger partial charge in [0.1, 0.15) is 0 Å². The van der Waals surface area contributed by atoms with Crippen LogP contribution >= 0.6 is 0 Å². The van der Waals surface area contributed by atoms with E-state index in [0.29, 0.717) is 17.6 Å². The first kappa shape index (κ1) is 10.0. The molecule has 0 spiro atoms. The van der Waals surface area contributed by atoms with Crippen LogP contribution in [-0.2, 0) is 0 Å². The van der Waals surface area contributed by atoms with Gasteiger partial charge in [0.15, 0.2) is 0 Å². The van der Waals surface area contributed by atoms with E-state index in [1.54, 1.807) is 6.20 Å². The van der Waals surface area contributed by atoms with Crippen LogP contribution in [-0.4, -0.2) is 30.7 Å². The molecule has 16 heavy (non-hydrogen) atoms. The van der Waals surface area contributed by atoms with Gasteiger partial charge in [-0.05, 0) is 37.4 Å². The number of piperidine rings is 1. The topological polar surface area (TPSA) is 28.2 Å². The van der Waals surface area contributed by atoms with Crippen molar-refractivity contribution in [3.63, 3.8) is 0 Å². The van der Waals surface area contributed by atoms with E-state index in [2.05, 4.69) is 15.2 Å². The van der Waals surface area contributed by atoms with Gasteiger partial charge in [-0.2, -0.15) is 4.39 Å². The number of pyridine rings is 1. The maximum absolute atomic E-state index is 13.7. The van der Waals surface area contributed by atoms with Crippen LogP contribution in [0.1, 0.15) is 12.0 Å². The molecule has 2 aliphatic rings. The van der Waals surface area contributed by atoms with Crippen LogP contribution in [0.3, 0.4) is 0 Å². The summed E-state index contributed by atoms with van der Waals surface area (Å²) in [6.07, 6.45) is 2.76. The zero-order valence-corrected chi connectivity index (χ0v) is 9.41. The lowest BCUT2D eigenvalue weighted by molar-refractivity contribution is 0.433. The van der Waals surface area contributed by atoms with Gasteiger partial charge in [0.05, 0.1) is 5.69 Å². The van der Waals surface area contributed by atoms with Crippen LogP contribution in [0.4, 0.5) is 10.1 Å². The lowest BCUT2D eigenvalue weighted by atomic mass is 10.0. The third-order valence-electron chi connectivity index (χ3n) is 3.58. The highest BCUT2D eigenvalue weighted by atomic mass is 19.1. The molecule has 0 saturated carbocycles. The van der Waals surface area contributed by atoms with Gasteiger partial charge in [-0.15, -0.1) is 0 Å². The molecule has 3 heterocycles. The van der Waals surface area contributed by atoms with Crippen LogP contribution in [0, 0.1) is 18.8 Å². The summed E-state index contributed by atoms with van der Waals surface area (Å²) in [7, 11) is 0. The van der Waals surface area contributed by atoms with Crippen LogP contribution in [0.2, 0.25) is 0 Å². The van der Waals surface area contributed by atoms with E-state index in [1.807, 2.05) is 13.0 Å². The third-order valence-corrected chi connectivity index (χ3v) is 3.58. The van der Waals surface area contributed by atoms with Gasteiger partial charge in [-0.3, -0.25) is 0 Å². The van der Waals surface area contributed by atoms with E-state index in [1.165, 1.54) is 6.42 Å². The lowest BCUT2D eigenvalue weighted by Crippen LogP contribution is -2.39. The largest absolute Gasteiger partial charge is 0.363 e. The minimum Gasteiger partial charge on any atom is -0.363 e. The Labute approximate surface area is 94.7 Å². The molecule has 2 aliphatic heterocycles. The molecule has 2 bridgehead atoms. The van der Waals surface area contributed by atoms with E-state index in [0.717, 1.165) is 25.2 Å². The Morgan fingerprint density at radius 1 is 1.50 bits per heavy atom. The van der Waals surface area contributed by atoms with E-state index in [-0.39, 0.29) is 5.95 Å². The first-order chi connectivity index (χ1) is 7.74. The van der Waals surface area contributed by atoms with Crippen LogP contribution in [0.5, 0.6) is 0 Å². The van der Waals surface area contributed by atoms with Crippen LogP contribution < -0.4 is 10.2 Å². The fourth-order valence-corrected chi connectivity index (χ4v) is 2.84. The Kier molecular flexibility index (Phi) is 2.32. The van der Waals surface area contributed by atoms with Crippen molar-refractivity contribution in [3.05, 3.63) is 23.8 Å². The minimum absolute atomic E-state index is 0.335. The van der Waals surface area contributed by atoms with Crippen molar-refractivity contribution < 1.29 is 4.39 Å². The zero-order chi connectivity index (χ0) is 11.1. The molecule has 86 valence electrons. The summed E-state index contributed by atoms with van der Waals surface area (Å²) in [6, 6.07) is 2.35. The molecule has 0 aromatic carbocycles. The molecule has 0 radical (unpaired) electrons. The Morgan fingerprint density at radius 3 is 3.19 bits per heavy atom. The summed E-state index contributed by atoms with van der Waals surface area (Å²) in [5.74, 6) is 0.330. The van der Waals surface area contributed by atoms with Gasteiger partial charge in [-0.25, -0.2) is 4.98 Å². The van der Waals surface area contributed by atoms with Crippen molar-refractivity contribution in [1.29, 1.82) is 0 Å². The van der Waals surface area contributed by atoms with Gasteiger partial charge >= 0.3 is 0 Å². The summed E-state index contributed by atoms with van der Waals surface area (Å²) in [6.45, 7) is 4.94. The Hall–Kier alpha value is -1.16. The molecule has 0 unspecified atom stereocenters. The van der Waals surface area contributed by atoms with Crippen molar-refractivity contribution in [2.75, 3.05) is 24.5 Å². The molecule has 0 aliphatic carbocycles. The van der Waals surface area contributed by atoms with E-state index < -0.39 is 0 Å². The van der Waals surface area contributed by atoms with Crippen LogP contribution in [0.15, 0.2) is 12.3 Å². The highest BCUT2D eigenvalue weighted by Gasteiger charge is 2.36. The number of hydrogen-bond donors (Lipinski definition) is 1. The fourth-order valence-electron chi connectivity index (χ4n) is 2.84. The van der Waals surface area contributed by atoms with E-state index in [4.69, 9.17) is 0 Å². The van der Waals surface area contributed by atoms with Gasteiger partial charge in [0, 0.05) is 25.3 Å². The number of halogens is 1. The highest BCUT2D eigenvalue weighted by Crippen LogP contribution is 2.32. The average Bonchev–Trinajstić information content (AvgIpc) is 2.57. The number of fused-ring (bicyclic) bond motifs is 2. The summed E-state index contributed by atoms with van der Waals surface area (Å²) in [4.78, 5) is 5.99. The monoisotopic (exact) mass is 221 g/mol. The molecular formula is C12H16FN3. The van der Waals surface area contributed by atoms with E-state index >= 15 is 0 Å². The molecule has 2 atom stereocenters. The third kappa shape index (κ3) is 1.57. The molecular weight excluding hydrogens is 205 g/mol. The summed E-state index contributed by atoms with van der Waals surface area (Å²) in [5.41, 5.74) is 1.70. The molecule has 3 nitrogen and oxygen atoms in total. The molecule has 2 saturated heterocycles. The molecule has 4 heteroatoms. The SMILES string of the molecule is Cc1cnc(F)c(N2C[C@@H]3CNC[C@@H]2C3)c1. The first-order valence-corrected chi connectivity index (χ1v) is 5.83. The molecule has 0 amide bonds. The van der Waals surface area contributed by atoms with Crippen molar-refractivity contribution in [2.24, 2.45) is 5.92 Å². The van der Waals surface area contributed by atoms with Gasteiger partial charge < -0.3 is 10.2 Å². The Balaban J connectivity index is 1.94. The first-order valence-electron chi connectivity index (χ1n) is 5.83. The molecule has 1 N–H and O–H groups in total. The van der Waals surface area contributed by atoms with Crippen molar-refractivity contribution >= 4 is 5.69 Å².